The highest BCUT2D eigenvalue weighted by atomic mass is 35.5. The summed E-state index contributed by atoms with van der Waals surface area (Å²) in [7, 11) is 0. The summed E-state index contributed by atoms with van der Waals surface area (Å²) in [6, 6.07) is 10.1. The lowest BCUT2D eigenvalue weighted by Crippen LogP contribution is -2.13. The Labute approximate surface area is 145 Å². The first-order valence-corrected chi connectivity index (χ1v) is 8.64. The van der Waals surface area contributed by atoms with E-state index in [-0.39, 0.29) is 5.91 Å². The van der Waals surface area contributed by atoms with Crippen LogP contribution in [-0.2, 0) is 0 Å². The number of anilines is 1. The summed E-state index contributed by atoms with van der Waals surface area (Å²) >= 11 is 7.91. The van der Waals surface area contributed by atoms with Gasteiger partial charge in [0.25, 0.3) is 5.91 Å². The van der Waals surface area contributed by atoms with Crippen molar-refractivity contribution in [3.63, 3.8) is 0 Å². The van der Waals surface area contributed by atoms with Crippen molar-refractivity contribution in [1.82, 2.24) is 0 Å². The third-order valence-electron chi connectivity index (χ3n) is 3.99. The van der Waals surface area contributed by atoms with E-state index < -0.39 is 0 Å². The fourth-order valence-corrected chi connectivity index (χ4v) is 4.54. The number of hydrogen-bond acceptors (Lipinski definition) is 2. The molecule has 118 valence electrons. The maximum Gasteiger partial charge on any atom is 0.267 e. The Hall–Kier alpha value is -1.84. The highest BCUT2D eigenvalue weighted by Crippen LogP contribution is 2.37. The van der Waals surface area contributed by atoms with Gasteiger partial charge < -0.3 is 5.32 Å². The minimum Gasteiger partial charge on any atom is -0.321 e. The number of benzene rings is 2. The molecule has 23 heavy (non-hydrogen) atoms. The fourth-order valence-electron chi connectivity index (χ4n) is 2.97. The van der Waals surface area contributed by atoms with Gasteiger partial charge in [-0.25, -0.2) is 0 Å². The highest BCUT2D eigenvalue weighted by Gasteiger charge is 2.19. The number of carbonyl (C=O) groups is 1. The molecule has 0 fully saturated rings. The van der Waals surface area contributed by atoms with Crippen LogP contribution in [0, 0.1) is 27.7 Å². The molecule has 0 bridgehead atoms. The molecule has 0 unspecified atom stereocenters. The second-order valence-corrected chi connectivity index (χ2v) is 7.35. The molecule has 1 aromatic heterocycles. The van der Waals surface area contributed by atoms with Crippen molar-refractivity contribution in [2.45, 2.75) is 27.7 Å². The van der Waals surface area contributed by atoms with Crippen molar-refractivity contribution < 1.29 is 4.79 Å². The van der Waals surface area contributed by atoms with Gasteiger partial charge in [0.15, 0.2) is 0 Å². The van der Waals surface area contributed by atoms with E-state index in [4.69, 9.17) is 11.6 Å². The fraction of sp³-hybridized carbons (Fsp3) is 0.211. The van der Waals surface area contributed by atoms with Crippen molar-refractivity contribution in [2.75, 3.05) is 5.32 Å². The Morgan fingerprint density at radius 3 is 2.30 bits per heavy atom. The number of amides is 1. The number of nitrogens with one attached hydrogen (secondary N) is 1. The number of thiophene rings is 1. The number of hydrogen-bond donors (Lipinski definition) is 1. The maximum absolute atomic E-state index is 12.7. The molecule has 0 saturated heterocycles. The normalized spacial score (nSPS) is 11.0. The summed E-state index contributed by atoms with van der Waals surface area (Å²) < 4.78 is 1.04. The molecule has 3 aromatic rings. The Bertz CT molecular complexity index is 904. The van der Waals surface area contributed by atoms with E-state index in [1.807, 2.05) is 39.0 Å². The van der Waals surface area contributed by atoms with E-state index in [2.05, 4.69) is 24.4 Å². The molecule has 1 N–H and O–H groups in total. The molecule has 2 nitrogen and oxygen atoms in total. The van der Waals surface area contributed by atoms with Crippen molar-refractivity contribution in [3.05, 3.63) is 62.5 Å². The van der Waals surface area contributed by atoms with Gasteiger partial charge in [0.05, 0.1) is 5.02 Å². The minimum atomic E-state index is -0.148. The maximum atomic E-state index is 12.7. The molecule has 0 atom stereocenters. The molecule has 0 aliphatic rings. The van der Waals surface area contributed by atoms with Crippen LogP contribution in [0.4, 0.5) is 5.69 Å². The van der Waals surface area contributed by atoms with E-state index in [0.29, 0.717) is 9.90 Å². The van der Waals surface area contributed by atoms with E-state index in [0.717, 1.165) is 32.5 Å². The lowest BCUT2D eigenvalue weighted by atomic mass is 10.1. The van der Waals surface area contributed by atoms with Crippen LogP contribution in [0.15, 0.2) is 30.3 Å². The lowest BCUT2D eigenvalue weighted by molar-refractivity contribution is 0.103. The summed E-state index contributed by atoms with van der Waals surface area (Å²) in [5, 5.41) is 4.55. The van der Waals surface area contributed by atoms with Gasteiger partial charge >= 0.3 is 0 Å². The minimum absolute atomic E-state index is 0.148. The van der Waals surface area contributed by atoms with Crippen LogP contribution in [0.1, 0.15) is 31.9 Å². The van der Waals surface area contributed by atoms with Gasteiger partial charge in [-0.15, -0.1) is 11.3 Å². The van der Waals surface area contributed by atoms with E-state index >= 15 is 0 Å². The van der Waals surface area contributed by atoms with Crippen LogP contribution in [0.25, 0.3) is 10.1 Å². The molecule has 0 radical (unpaired) electrons. The smallest absolute Gasteiger partial charge is 0.267 e. The average molecular weight is 344 g/mol. The van der Waals surface area contributed by atoms with Crippen LogP contribution in [0.3, 0.4) is 0 Å². The van der Waals surface area contributed by atoms with E-state index in [1.165, 1.54) is 16.9 Å². The van der Waals surface area contributed by atoms with Gasteiger partial charge in [0, 0.05) is 15.8 Å². The quantitative estimate of drug-likeness (QED) is 0.603. The van der Waals surface area contributed by atoms with Crippen LogP contribution in [0.2, 0.25) is 5.02 Å². The number of halogens is 1. The number of fused-ring (bicyclic) bond motifs is 1. The number of rotatable bonds is 2. The summed E-state index contributed by atoms with van der Waals surface area (Å²) in [5.74, 6) is -0.148. The average Bonchev–Trinajstić information content (AvgIpc) is 2.81. The van der Waals surface area contributed by atoms with Crippen LogP contribution in [0.5, 0.6) is 0 Å². The second-order valence-electron chi connectivity index (χ2n) is 5.92. The van der Waals surface area contributed by atoms with Gasteiger partial charge in [0.2, 0.25) is 0 Å². The zero-order chi connectivity index (χ0) is 16.7. The van der Waals surface area contributed by atoms with Crippen LogP contribution < -0.4 is 5.32 Å². The SMILES string of the molecule is Cc1cc(C)c(NC(=O)c2sc3cccc(C)c3c2Cl)c(C)c1. The first kappa shape index (κ1) is 16.0. The molecule has 0 aliphatic heterocycles. The summed E-state index contributed by atoms with van der Waals surface area (Å²) in [6.07, 6.45) is 0. The molecule has 0 saturated carbocycles. The Morgan fingerprint density at radius 1 is 1.04 bits per heavy atom. The van der Waals surface area contributed by atoms with Gasteiger partial charge in [-0.3, -0.25) is 4.79 Å². The molecule has 0 spiro atoms. The lowest BCUT2D eigenvalue weighted by Gasteiger charge is -2.12. The van der Waals surface area contributed by atoms with Crippen molar-refractivity contribution >= 4 is 44.6 Å². The largest absolute Gasteiger partial charge is 0.321 e. The Kier molecular flexibility index (Phi) is 4.17. The zero-order valence-electron chi connectivity index (χ0n) is 13.6. The van der Waals surface area contributed by atoms with E-state index in [1.54, 1.807) is 0 Å². The molecule has 1 amide bonds. The van der Waals surface area contributed by atoms with Gasteiger partial charge in [-0.05, 0) is 50.5 Å². The summed E-state index contributed by atoms with van der Waals surface area (Å²) in [5.41, 5.74) is 5.26. The third-order valence-corrected chi connectivity index (χ3v) is 5.63. The molecular weight excluding hydrogens is 326 g/mol. The Balaban J connectivity index is 2.02. The highest BCUT2D eigenvalue weighted by molar-refractivity contribution is 7.21. The number of carbonyl (C=O) groups excluding carboxylic acids is 1. The molecule has 1 heterocycles. The van der Waals surface area contributed by atoms with Crippen molar-refractivity contribution in [1.29, 1.82) is 0 Å². The molecule has 0 aliphatic carbocycles. The van der Waals surface area contributed by atoms with Crippen molar-refractivity contribution in [3.8, 4) is 0 Å². The van der Waals surface area contributed by atoms with Crippen LogP contribution >= 0.6 is 22.9 Å². The standard InChI is InChI=1S/C19H18ClNOS/c1-10-8-12(3)17(13(4)9-10)21-19(22)18-16(20)15-11(2)6-5-7-14(15)23-18/h5-9H,1-4H3,(H,21,22). The summed E-state index contributed by atoms with van der Waals surface area (Å²) in [4.78, 5) is 13.3. The van der Waals surface area contributed by atoms with E-state index in [9.17, 15) is 4.79 Å². The topological polar surface area (TPSA) is 29.1 Å². The molecule has 2 aromatic carbocycles. The molecule has 3 rings (SSSR count). The first-order chi connectivity index (χ1) is 10.9. The zero-order valence-corrected chi connectivity index (χ0v) is 15.2. The van der Waals surface area contributed by atoms with Gasteiger partial charge in [0.1, 0.15) is 4.88 Å². The molecule has 4 heteroatoms. The monoisotopic (exact) mass is 343 g/mol. The molecular formula is C19H18ClNOS. The van der Waals surface area contributed by atoms with Crippen LogP contribution in [-0.4, -0.2) is 5.91 Å². The number of aryl methyl sites for hydroxylation is 4. The van der Waals surface area contributed by atoms with Crippen molar-refractivity contribution in [2.24, 2.45) is 0 Å². The third kappa shape index (κ3) is 2.87. The Morgan fingerprint density at radius 2 is 1.70 bits per heavy atom. The summed E-state index contributed by atoms with van der Waals surface area (Å²) in [6.45, 7) is 8.08. The predicted molar refractivity (Wildman–Crippen MR) is 100 cm³/mol. The second kappa shape index (κ2) is 5.99. The first-order valence-electron chi connectivity index (χ1n) is 7.45. The van der Waals surface area contributed by atoms with Gasteiger partial charge in [-0.2, -0.15) is 0 Å². The predicted octanol–water partition coefficient (Wildman–Crippen LogP) is 6.04. The van der Waals surface area contributed by atoms with Gasteiger partial charge in [-0.1, -0.05) is 41.4 Å².